The van der Waals surface area contributed by atoms with Gasteiger partial charge in [-0.15, -0.1) is 0 Å². The monoisotopic (exact) mass is 253 g/mol. The van der Waals surface area contributed by atoms with E-state index >= 15 is 0 Å². The molecule has 0 radical (unpaired) electrons. The number of nitrogens with one attached hydrogen (secondary N) is 1. The van der Waals surface area contributed by atoms with E-state index < -0.39 is 0 Å². The van der Waals surface area contributed by atoms with Gasteiger partial charge in [0.1, 0.15) is 6.10 Å². The van der Waals surface area contributed by atoms with E-state index in [1.54, 1.807) is 0 Å². The standard InChI is InChI=1S/C15H27NO2/c1-3-15(7-9-16-10-8-15)14(17)18-13-6-4-5-12(2)11-13/h12-13,16H,3-11H2,1-2H3. The van der Waals surface area contributed by atoms with Gasteiger partial charge in [-0.1, -0.05) is 20.3 Å². The maximum Gasteiger partial charge on any atom is 0.312 e. The molecule has 0 amide bonds. The fourth-order valence-corrected chi connectivity index (χ4v) is 3.37. The molecule has 1 aliphatic heterocycles. The molecule has 0 aromatic heterocycles. The Labute approximate surface area is 111 Å². The van der Waals surface area contributed by atoms with E-state index in [0.29, 0.717) is 5.92 Å². The van der Waals surface area contributed by atoms with Crippen LogP contribution in [0.5, 0.6) is 0 Å². The van der Waals surface area contributed by atoms with Crippen molar-refractivity contribution >= 4 is 5.97 Å². The first kappa shape index (κ1) is 13.9. The molecule has 1 N–H and O–H groups in total. The topological polar surface area (TPSA) is 38.3 Å². The Hall–Kier alpha value is -0.570. The lowest BCUT2D eigenvalue weighted by Gasteiger charge is -2.37. The molecule has 0 bridgehead atoms. The fraction of sp³-hybridized carbons (Fsp3) is 0.933. The minimum Gasteiger partial charge on any atom is -0.462 e. The molecule has 1 saturated heterocycles. The molecule has 2 fully saturated rings. The fourth-order valence-electron chi connectivity index (χ4n) is 3.37. The highest BCUT2D eigenvalue weighted by Crippen LogP contribution is 2.36. The number of esters is 1. The Morgan fingerprint density at radius 3 is 2.67 bits per heavy atom. The van der Waals surface area contributed by atoms with Gasteiger partial charge in [-0.3, -0.25) is 4.79 Å². The minimum absolute atomic E-state index is 0.0746. The van der Waals surface area contributed by atoms with Crippen LogP contribution in [0.1, 0.15) is 58.8 Å². The smallest absolute Gasteiger partial charge is 0.312 e. The van der Waals surface area contributed by atoms with E-state index in [-0.39, 0.29) is 17.5 Å². The molecule has 0 spiro atoms. The summed E-state index contributed by atoms with van der Waals surface area (Å²) in [4.78, 5) is 12.5. The molecule has 0 aromatic carbocycles. The molecular formula is C15H27NO2. The van der Waals surface area contributed by atoms with Crippen LogP contribution in [0.3, 0.4) is 0 Å². The zero-order valence-corrected chi connectivity index (χ0v) is 11.8. The van der Waals surface area contributed by atoms with Gasteiger partial charge in [0.15, 0.2) is 0 Å². The van der Waals surface area contributed by atoms with E-state index in [0.717, 1.165) is 45.2 Å². The van der Waals surface area contributed by atoms with E-state index in [2.05, 4.69) is 19.2 Å². The van der Waals surface area contributed by atoms with Crippen LogP contribution in [-0.4, -0.2) is 25.2 Å². The maximum absolute atomic E-state index is 12.5. The first-order valence-corrected chi connectivity index (χ1v) is 7.58. The summed E-state index contributed by atoms with van der Waals surface area (Å²) in [6.45, 7) is 6.28. The van der Waals surface area contributed by atoms with Crippen LogP contribution >= 0.6 is 0 Å². The number of carbonyl (C=O) groups excluding carboxylic acids is 1. The summed E-state index contributed by atoms with van der Waals surface area (Å²) >= 11 is 0. The highest BCUT2D eigenvalue weighted by atomic mass is 16.5. The molecule has 1 saturated carbocycles. The Morgan fingerprint density at radius 2 is 2.06 bits per heavy atom. The number of hydrogen-bond donors (Lipinski definition) is 1. The second kappa shape index (κ2) is 6.05. The molecule has 104 valence electrons. The van der Waals surface area contributed by atoms with Gasteiger partial charge in [0, 0.05) is 0 Å². The third-order valence-electron chi connectivity index (χ3n) is 4.83. The average Bonchev–Trinajstić information content (AvgIpc) is 2.39. The van der Waals surface area contributed by atoms with Crippen LogP contribution < -0.4 is 5.32 Å². The number of rotatable bonds is 3. The highest BCUT2D eigenvalue weighted by Gasteiger charge is 2.40. The van der Waals surface area contributed by atoms with Crippen LogP contribution in [0, 0.1) is 11.3 Å². The van der Waals surface area contributed by atoms with Crippen molar-refractivity contribution in [3.05, 3.63) is 0 Å². The van der Waals surface area contributed by atoms with E-state index in [1.165, 1.54) is 12.8 Å². The van der Waals surface area contributed by atoms with Crippen LogP contribution in [0.2, 0.25) is 0 Å². The minimum atomic E-state index is -0.202. The van der Waals surface area contributed by atoms with Crippen molar-refractivity contribution in [1.29, 1.82) is 0 Å². The van der Waals surface area contributed by atoms with Crippen molar-refractivity contribution in [2.45, 2.75) is 64.9 Å². The summed E-state index contributed by atoms with van der Waals surface area (Å²) in [5, 5.41) is 3.33. The zero-order valence-electron chi connectivity index (χ0n) is 11.8. The third-order valence-corrected chi connectivity index (χ3v) is 4.83. The van der Waals surface area contributed by atoms with E-state index in [4.69, 9.17) is 4.74 Å². The maximum atomic E-state index is 12.5. The number of piperidine rings is 1. The molecule has 2 unspecified atom stereocenters. The normalized spacial score (nSPS) is 31.9. The van der Waals surface area contributed by atoms with Gasteiger partial charge >= 0.3 is 5.97 Å². The van der Waals surface area contributed by atoms with Gasteiger partial charge in [0.05, 0.1) is 5.41 Å². The van der Waals surface area contributed by atoms with Crippen LogP contribution in [-0.2, 0) is 9.53 Å². The van der Waals surface area contributed by atoms with Crippen LogP contribution in [0.15, 0.2) is 0 Å². The molecular weight excluding hydrogens is 226 g/mol. The molecule has 2 aliphatic rings. The molecule has 2 rings (SSSR count). The van der Waals surface area contributed by atoms with E-state index in [9.17, 15) is 4.79 Å². The molecule has 2 atom stereocenters. The Kier molecular flexibility index (Phi) is 4.66. The molecule has 3 nitrogen and oxygen atoms in total. The first-order chi connectivity index (χ1) is 8.66. The average molecular weight is 253 g/mol. The van der Waals surface area contributed by atoms with Gasteiger partial charge in [0.25, 0.3) is 0 Å². The summed E-state index contributed by atoms with van der Waals surface area (Å²) in [5.74, 6) is 0.785. The lowest BCUT2D eigenvalue weighted by atomic mass is 9.76. The number of ether oxygens (including phenoxy) is 1. The van der Waals surface area contributed by atoms with Crippen molar-refractivity contribution in [3.8, 4) is 0 Å². The van der Waals surface area contributed by atoms with Gasteiger partial charge in [-0.2, -0.15) is 0 Å². The lowest BCUT2D eigenvalue weighted by molar-refractivity contribution is -0.166. The SMILES string of the molecule is CCC1(C(=O)OC2CCCC(C)C2)CCNCC1. The third kappa shape index (κ3) is 3.05. The Morgan fingerprint density at radius 1 is 1.33 bits per heavy atom. The summed E-state index contributed by atoms with van der Waals surface area (Å²) in [6, 6.07) is 0. The van der Waals surface area contributed by atoms with Crippen molar-refractivity contribution in [2.75, 3.05) is 13.1 Å². The first-order valence-electron chi connectivity index (χ1n) is 7.58. The lowest BCUT2D eigenvalue weighted by Crippen LogP contribution is -2.44. The Balaban J connectivity index is 1.92. The number of hydrogen-bond acceptors (Lipinski definition) is 3. The summed E-state index contributed by atoms with van der Waals surface area (Å²) in [6.07, 6.45) is 7.58. The van der Waals surface area contributed by atoms with Crippen LogP contribution in [0.25, 0.3) is 0 Å². The van der Waals surface area contributed by atoms with Crippen molar-refractivity contribution in [2.24, 2.45) is 11.3 Å². The zero-order chi connectivity index (χ0) is 13.0. The van der Waals surface area contributed by atoms with E-state index in [1.807, 2.05) is 0 Å². The highest BCUT2D eigenvalue weighted by molar-refractivity contribution is 5.77. The largest absolute Gasteiger partial charge is 0.462 e. The van der Waals surface area contributed by atoms with Crippen molar-refractivity contribution in [1.82, 2.24) is 5.32 Å². The predicted octanol–water partition coefficient (Wildman–Crippen LogP) is 2.89. The van der Waals surface area contributed by atoms with Crippen molar-refractivity contribution in [3.63, 3.8) is 0 Å². The van der Waals surface area contributed by atoms with Crippen molar-refractivity contribution < 1.29 is 9.53 Å². The summed E-state index contributed by atoms with van der Waals surface area (Å²) < 4.78 is 5.83. The molecule has 0 aromatic rings. The summed E-state index contributed by atoms with van der Waals surface area (Å²) in [7, 11) is 0. The summed E-state index contributed by atoms with van der Waals surface area (Å²) in [5.41, 5.74) is -0.202. The van der Waals surface area contributed by atoms with Gasteiger partial charge in [-0.25, -0.2) is 0 Å². The molecule has 1 heterocycles. The molecule has 18 heavy (non-hydrogen) atoms. The quantitative estimate of drug-likeness (QED) is 0.786. The van der Waals surface area contributed by atoms with Gasteiger partial charge < -0.3 is 10.1 Å². The molecule has 3 heteroatoms. The molecule has 1 aliphatic carbocycles. The second-order valence-corrected chi connectivity index (χ2v) is 6.18. The predicted molar refractivity (Wildman–Crippen MR) is 72.3 cm³/mol. The second-order valence-electron chi connectivity index (χ2n) is 6.18. The van der Waals surface area contributed by atoms with Gasteiger partial charge in [-0.05, 0) is 57.5 Å². The Bertz CT molecular complexity index is 284. The number of carbonyl (C=O) groups is 1. The van der Waals surface area contributed by atoms with Gasteiger partial charge in [0.2, 0.25) is 0 Å². The van der Waals surface area contributed by atoms with Crippen LogP contribution in [0.4, 0.5) is 0 Å².